The van der Waals surface area contributed by atoms with Gasteiger partial charge in [0, 0.05) is 126 Å². The summed E-state index contributed by atoms with van der Waals surface area (Å²) in [4.78, 5) is 19.6. The molecule has 0 aliphatic carbocycles. The Labute approximate surface area is 950 Å². The van der Waals surface area contributed by atoms with Gasteiger partial charge in [-0.3, -0.25) is 0 Å². The molecule has 0 aromatic heterocycles. The normalized spacial score (nSPS) is 12.8. The first-order valence-electron chi connectivity index (χ1n) is 50.6. The molecule has 4 heterocycles. The van der Waals surface area contributed by atoms with Crippen molar-refractivity contribution in [3.63, 3.8) is 0 Å². The first-order chi connectivity index (χ1) is 69.7. The van der Waals surface area contributed by atoms with Gasteiger partial charge in [0.1, 0.15) is 0 Å². The number of benzene rings is 9. The van der Waals surface area contributed by atoms with Crippen molar-refractivity contribution in [1.29, 1.82) is 21.0 Å². The summed E-state index contributed by atoms with van der Waals surface area (Å²) in [5.41, 5.74) is 41.1. The molecule has 4 saturated heterocycles. The SMILES string of the molecule is CC#N.CC#N.CC#N.CC#N.CC(C)=C[CH]=[Ru]([Cl])[Cl].CC(C)=C[CH]=[Ru]([Cl])[Cl].CC(C)=C[CH]=[Ru]([Cl])[Cl].CC(C)c1cccc(C(C)C)c1N1[CH-]N(c2c(C(C)C)cccc2C(C)C)CC1.Cc1cc(C)c(N2[CH-]N(c3c(C)cc(C)cc3C)CC2)c(C)c1.Cc1cccc(C(C)C)c1N1[CH-]N(c2c(C)cccc2C(C)C)CC1.Cc1cccc(C(C)C)c1N1[CH-]N(c2c(C)cccc2C(C)C)CC1.[Cl][Ru]([Cl])=[CH]c1ccccc1. The van der Waals surface area contributed by atoms with Gasteiger partial charge in [-0.1, -0.05) is 255 Å². The van der Waals surface area contributed by atoms with E-state index < -0.39 is 54.1 Å². The van der Waals surface area contributed by atoms with Crippen LogP contribution in [0.4, 0.5) is 45.5 Å². The number of nitriles is 4. The van der Waals surface area contributed by atoms with Gasteiger partial charge in [-0.15, -0.1) is 0 Å². The van der Waals surface area contributed by atoms with Crippen LogP contribution in [0.3, 0.4) is 0 Å². The van der Waals surface area contributed by atoms with E-state index >= 15 is 0 Å². The Bertz CT molecular complexity index is 5340. The number of rotatable bonds is 20. The van der Waals surface area contributed by atoms with Gasteiger partial charge in [0.15, 0.2) is 0 Å². The zero-order valence-electron chi connectivity index (χ0n) is 95.0. The molecule has 148 heavy (non-hydrogen) atoms. The first kappa shape index (κ1) is 137. The fourth-order valence-electron chi connectivity index (χ4n) is 17.5. The van der Waals surface area contributed by atoms with E-state index in [0.29, 0.717) is 47.3 Å². The maximum absolute atomic E-state index is 7.32. The molecule has 0 unspecified atom stereocenters. The van der Waals surface area contributed by atoms with E-state index in [2.05, 4.69) is 379 Å². The van der Waals surface area contributed by atoms with Gasteiger partial charge in [0.2, 0.25) is 0 Å². The minimum atomic E-state index is -1.61. The maximum atomic E-state index is 7.32. The molecule has 4 aliphatic rings. The molecule has 24 heteroatoms. The summed E-state index contributed by atoms with van der Waals surface area (Å²) in [5.74, 6) is 4.18. The zero-order valence-corrected chi connectivity index (χ0v) is 108. The van der Waals surface area contributed by atoms with E-state index in [1.165, 1.54) is 190 Å². The Hall–Kier alpha value is -7.15. The van der Waals surface area contributed by atoms with Crippen LogP contribution in [0.15, 0.2) is 199 Å². The van der Waals surface area contributed by atoms with Gasteiger partial charge in [0.25, 0.3) is 0 Å². The van der Waals surface area contributed by atoms with Crippen LogP contribution in [0, 0.1) is 141 Å². The van der Waals surface area contributed by atoms with Crippen molar-refractivity contribution in [3.05, 3.63) is 331 Å². The van der Waals surface area contributed by atoms with Gasteiger partial charge < -0.3 is 39.2 Å². The van der Waals surface area contributed by atoms with Gasteiger partial charge in [-0.25, -0.2) is 0 Å². The van der Waals surface area contributed by atoms with Crippen LogP contribution in [-0.2, 0) is 54.1 Å². The number of allylic oxidation sites excluding steroid dienone is 6. The molecule has 13 rings (SSSR count). The Morgan fingerprint density at radius 1 is 0.250 bits per heavy atom. The third-order valence-corrected chi connectivity index (χ3v) is 30.9. The van der Waals surface area contributed by atoms with Crippen molar-refractivity contribution in [2.24, 2.45) is 0 Å². The minimum absolute atomic E-state index is 0.514. The van der Waals surface area contributed by atoms with Crippen molar-refractivity contribution in [2.75, 3.05) is 91.6 Å². The van der Waals surface area contributed by atoms with Gasteiger partial charge in [-0.2, -0.15) is 47.7 Å². The zero-order chi connectivity index (χ0) is 112. The molecule has 4 aliphatic heterocycles. The first-order valence-corrected chi connectivity index (χ1v) is 72.5. The Kier molecular flexibility index (Phi) is 67.1. The average molecular weight is 2520 g/mol. The second kappa shape index (κ2) is 72.5. The van der Waals surface area contributed by atoms with E-state index in [1.54, 1.807) is 24.3 Å². The molecule has 0 bridgehead atoms. The van der Waals surface area contributed by atoms with Crippen LogP contribution < -0.4 is 39.2 Å². The third-order valence-electron chi connectivity index (χ3n) is 23.7. The van der Waals surface area contributed by atoms with Crippen molar-refractivity contribution < 1.29 is 54.1 Å². The molecule has 0 atom stereocenters. The summed E-state index contributed by atoms with van der Waals surface area (Å²) >= 11 is -6.17. The van der Waals surface area contributed by atoms with Gasteiger partial charge in [-0.05, 0) is 206 Å². The summed E-state index contributed by atoms with van der Waals surface area (Å²) < 4.78 is 7.56. The molecule has 0 saturated carbocycles. The summed E-state index contributed by atoms with van der Waals surface area (Å²) in [6.45, 7) is 94.3. The molecule has 9 aromatic rings. The van der Waals surface area contributed by atoms with Gasteiger partial charge in [0.05, 0.1) is 24.3 Å². The predicted molar refractivity (Wildman–Crippen MR) is 648 cm³/mol. The molecule has 4 fully saturated rings. The summed E-state index contributed by atoms with van der Waals surface area (Å²) in [6.07, 6.45) is 5.87. The van der Waals surface area contributed by atoms with Crippen molar-refractivity contribution in [2.45, 2.75) is 297 Å². The Morgan fingerprint density at radius 2 is 0.419 bits per heavy atom. The van der Waals surface area contributed by atoms with E-state index in [1.807, 2.05) is 109 Å². The molecule has 0 N–H and O–H groups in total. The van der Waals surface area contributed by atoms with Crippen molar-refractivity contribution in [1.82, 2.24) is 0 Å². The van der Waals surface area contributed by atoms with Crippen molar-refractivity contribution in [3.8, 4) is 24.3 Å². The number of para-hydroxylation sites is 6. The Balaban J connectivity index is 0.000000585. The molecule has 0 amide bonds. The van der Waals surface area contributed by atoms with Crippen LogP contribution in [-0.4, -0.2) is 70.8 Å². The molecular formula is C124H170Cl8N12Ru4-4. The average Bonchev–Trinajstić information content (AvgIpc) is 1.58. The number of hydrogen-bond donors (Lipinski definition) is 0. The second-order valence-corrected chi connectivity index (χ2v) is 62.8. The monoisotopic (exact) mass is 2510 g/mol. The standard InChI is InChI=1S/C27H39N2.2C23H31N2.C21H27N2.C7H6.3C5H8.4C2H3N.8ClH.4Ru/c1-18(2)22-11-9-12-23(19(3)4)26(22)28-15-16-29(17-28)27-24(20(5)6)13-10-14-25(27)21(7)8;2*1-16(2)20-11-7-9-18(5)22(20)24-13-14-25(15-24)23-19(6)10-8-12-21(23)17(3)4;1-14-9-16(3)20(17(4)10-14)22-7-8-23(13-22)21-18(5)11-15(2)12-19(21)6;1-7-5-3-2-4-6-7;3*1-4-5(2)3;4*1-2-3;;;;;;;;;;;;/h9-14,17-21H,15-16H2,1-8H3;2*7-12,15-17H,13-14H2,1-6H3;9-13H,7-8H2,1-6H3;1-6H;3*1,4H,2-3H3;4*1H3;8*1H;;;;/q4*-1;;;;;;;;;;;;;;;;;4*+2/p-8. The molecular weight excluding hydrogens is 2350 g/mol. The molecule has 0 radical (unpaired) electrons. The second-order valence-electron chi connectivity index (χ2n) is 39.7. The van der Waals surface area contributed by atoms with E-state index in [0.717, 1.165) is 57.9 Å². The molecule has 9 aromatic carbocycles. The van der Waals surface area contributed by atoms with E-state index in [9.17, 15) is 0 Å². The van der Waals surface area contributed by atoms with Crippen LogP contribution in [0.2, 0.25) is 0 Å². The number of aryl methyl sites for hydroxylation is 10. The van der Waals surface area contributed by atoms with Crippen LogP contribution in [0.1, 0.15) is 333 Å². The molecule has 818 valence electrons. The van der Waals surface area contributed by atoms with Crippen molar-refractivity contribution >= 4 is 141 Å². The van der Waals surface area contributed by atoms with Gasteiger partial charge >= 0.3 is 262 Å². The van der Waals surface area contributed by atoms with E-state index in [4.69, 9.17) is 98.6 Å². The summed E-state index contributed by atoms with van der Waals surface area (Å²) in [5, 5.41) is 29.3. The fourth-order valence-corrected chi connectivity index (χ4v) is 23.4. The third kappa shape index (κ3) is 47.4. The Morgan fingerprint density at radius 3 is 0.581 bits per heavy atom. The molecule has 0 spiro atoms. The topological polar surface area (TPSA) is 121 Å². The number of hydrogen-bond acceptors (Lipinski definition) is 12. The number of anilines is 8. The quantitative estimate of drug-likeness (QED) is 0.0533. The fraction of sp³-hybridized carbons (Fsp3) is 0.419. The number of halogens is 8. The van der Waals surface area contributed by atoms with E-state index in [-0.39, 0.29) is 0 Å². The summed E-state index contributed by atoms with van der Waals surface area (Å²) in [7, 11) is 44.5. The van der Waals surface area contributed by atoms with Crippen LogP contribution in [0.25, 0.3) is 0 Å². The predicted octanol–water partition coefficient (Wildman–Crippen LogP) is 37.5. The molecule has 12 nitrogen and oxygen atoms in total. The number of nitrogens with zero attached hydrogens (tertiary/aromatic N) is 12. The summed E-state index contributed by atoms with van der Waals surface area (Å²) in [6, 6.07) is 66.4. The van der Waals surface area contributed by atoms with Crippen LogP contribution in [0.5, 0.6) is 0 Å². The van der Waals surface area contributed by atoms with Crippen LogP contribution >= 0.6 is 77.5 Å².